The number of carbonyl (C=O) groups is 2. The molecule has 0 bridgehead atoms. The number of hydrogen-bond donors (Lipinski definition) is 4. The first-order valence-corrected chi connectivity index (χ1v) is 10.1. The van der Waals surface area contributed by atoms with Gasteiger partial charge in [-0.1, -0.05) is 6.92 Å². The van der Waals surface area contributed by atoms with Crippen LogP contribution in [0.2, 0.25) is 0 Å². The molecule has 3 rings (SSSR count). The van der Waals surface area contributed by atoms with Gasteiger partial charge < -0.3 is 30.6 Å². The van der Waals surface area contributed by atoms with Crippen molar-refractivity contribution < 1.29 is 29.1 Å². The van der Waals surface area contributed by atoms with Gasteiger partial charge in [-0.3, -0.25) is 4.79 Å². The van der Waals surface area contributed by atoms with Gasteiger partial charge in [0.25, 0.3) is 0 Å². The van der Waals surface area contributed by atoms with Gasteiger partial charge in [0.15, 0.2) is 7.14 Å². The van der Waals surface area contributed by atoms with Gasteiger partial charge in [-0.15, -0.1) is 0 Å². The second-order valence-corrected chi connectivity index (χ2v) is 10.5. The number of aliphatic hydroxyl groups is 1. The van der Waals surface area contributed by atoms with Crippen molar-refractivity contribution in [3.63, 3.8) is 0 Å². The first-order chi connectivity index (χ1) is 11.9. The molecule has 3 aliphatic heterocycles. The maximum Gasteiger partial charge on any atom is 0.407 e. The second-order valence-electron chi connectivity index (χ2n) is 7.92. The topological polar surface area (TPSA) is 139 Å². The third-order valence-corrected chi connectivity index (χ3v) is 7.71. The summed E-state index contributed by atoms with van der Waals surface area (Å²) in [5, 5.41) is 23.1. The number of carboxylic acids is 1. The number of amides is 1. The van der Waals surface area contributed by atoms with Gasteiger partial charge in [-0.05, 0) is 39.2 Å². The van der Waals surface area contributed by atoms with Gasteiger partial charge >= 0.3 is 12.1 Å². The maximum atomic E-state index is 12.6. The van der Waals surface area contributed by atoms with Crippen LogP contribution in [0.25, 0.3) is 0 Å². The summed E-state index contributed by atoms with van der Waals surface area (Å²) in [5.41, 5.74) is 6.26. The number of nitrogens with two attached hydrogens (primary N) is 1. The number of aliphatic carboxylic acids is 1. The molecule has 3 aliphatic rings. The van der Waals surface area contributed by atoms with E-state index in [1.54, 1.807) is 27.7 Å². The van der Waals surface area contributed by atoms with Gasteiger partial charge in [-0.25, -0.2) is 4.79 Å². The third-order valence-electron chi connectivity index (χ3n) is 4.66. The van der Waals surface area contributed by atoms with Crippen LogP contribution in [0, 0.1) is 5.92 Å². The lowest BCUT2D eigenvalue weighted by atomic mass is 9.94. The number of ether oxygens (including phenoxy) is 1. The summed E-state index contributed by atoms with van der Waals surface area (Å²) in [4.78, 5) is 23.3. The Hall–Kier alpha value is -2.21. The summed E-state index contributed by atoms with van der Waals surface area (Å²) in [6.45, 7) is 6.74. The van der Waals surface area contributed by atoms with E-state index in [0.717, 1.165) is 0 Å². The first-order valence-electron chi connectivity index (χ1n) is 8.39. The van der Waals surface area contributed by atoms with Crippen molar-refractivity contribution in [1.29, 1.82) is 0 Å². The molecule has 142 valence electrons. The Morgan fingerprint density at radius 3 is 2.35 bits per heavy atom. The summed E-state index contributed by atoms with van der Waals surface area (Å²) < 4.78 is 17.8. The molecule has 0 saturated carbocycles. The van der Waals surface area contributed by atoms with Gasteiger partial charge in [0, 0.05) is 11.4 Å². The van der Waals surface area contributed by atoms with E-state index in [4.69, 9.17) is 10.5 Å². The average molecular weight is 382 g/mol. The van der Waals surface area contributed by atoms with Crippen LogP contribution in [0.3, 0.4) is 0 Å². The van der Waals surface area contributed by atoms with Crippen molar-refractivity contribution in [1.82, 2.24) is 5.32 Å². The Morgan fingerprint density at radius 2 is 1.88 bits per heavy atom. The normalized spacial score (nSPS) is 25.5. The molecule has 0 aromatic heterocycles. The van der Waals surface area contributed by atoms with E-state index < -0.39 is 36.8 Å². The lowest BCUT2D eigenvalue weighted by molar-refractivity contribution is -0.141. The van der Waals surface area contributed by atoms with E-state index in [2.05, 4.69) is 5.32 Å². The number of hydrogen-bond acceptors (Lipinski definition) is 6. The van der Waals surface area contributed by atoms with E-state index in [-0.39, 0.29) is 24.3 Å². The molecule has 0 saturated heterocycles. The lowest BCUT2D eigenvalue weighted by Crippen LogP contribution is -2.41. The predicted molar refractivity (Wildman–Crippen MR) is 94.7 cm³/mol. The molecule has 0 aliphatic carbocycles. The SMILES string of the molecule is C[C@H](C[C@H](CC1=C(N)C2=C(O)C3=C1P23=O)NC(=O)OC(C)(C)C)C(=O)O. The van der Waals surface area contributed by atoms with Crippen LogP contribution >= 0.6 is 7.14 Å². The molecular weight excluding hydrogens is 359 g/mol. The van der Waals surface area contributed by atoms with Crippen molar-refractivity contribution in [3.8, 4) is 0 Å². The van der Waals surface area contributed by atoms with E-state index in [0.29, 0.717) is 21.5 Å². The highest BCUT2D eigenvalue weighted by Gasteiger charge is 2.69. The highest BCUT2D eigenvalue weighted by atomic mass is 31.2. The van der Waals surface area contributed by atoms with Crippen LogP contribution in [0.5, 0.6) is 0 Å². The van der Waals surface area contributed by atoms with Crippen molar-refractivity contribution in [2.45, 2.75) is 52.2 Å². The van der Waals surface area contributed by atoms with E-state index in [1.165, 1.54) is 0 Å². The first kappa shape index (κ1) is 18.6. The summed E-state index contributed by atoms with van der Waals surface area (Å²) in [7, 11) is -2.71. The molecule has 0 radical (unpaired) electrons. The average Bonchev–Trinajstić information content (AvgIpc) is 2.94. The maximum absolute atomic E-state index is 12.6. The monoisotopic (exact) mass is 382 g/mol. The minimum Gasteiger partial charge on any atom is -0.506 e. The fourth-order valence-electron chi connectivity index (χ4n) is 3.47. The molecule has 0 aromatic rings. The minimum atomic E-state index is -2.71. The molecule has 0 fully saturated rings. The van der Waals surface area contributed by atoms with Crippen LogP contribution < -0.4 is 11.1 Å². The van der Waals surface area contributed by atoms with Gasteiger partial charge in [0.05, 0.1) is 22.2 Å². The summed E-state index contributed by atoms with van der Waals surface area (Å²) in [5.74, 6) is -1.65. The highest BCUT2D eigenvalue weighted by molar-refractivity contribution is 7.86. The van der Waals surface area contributed by atoms with Crippen LogP contribution in [0.4, 0.5) is 4.79 Å². The smallest absolute Gasteiger partial charge is 0.407 e. The molecule has 9 heteroatoms. The molecule has 5 N–H and O–H groups in total. The Balaban J connectivity index is 1.76. The molecule has 1 unspecified atom stereocenters. The fraction of sp³-hybridized carbons (Fsp3) is 0.529. The molecular formula is C17H23N2O6P. The molecule has 0 spiro atoms. The van der Waals surface area contributed by atoms with Crippen LogP contribution in [-0.2, 0) is 14.1 Å². The van der Waals surface area contributed by atoms with Crippen LogP contribution in [-0.4, -0.2) is 33.9 Å². The molecule has 8 nitrogen and oxygen atoms in total. The van der Waals surface area contributed by atoms with Crippen molar-refractivity contribution >= 4 is 19.2 Å². The standard InChI is InChI=1S/C17H23N2O6P/c1-7(15(21)22)5-8(19-16(23)25-17(2,3)4)6-9-10(18)13-11(20)14-12(9)26(13,14)24/h7-8,20H,5-6,18H2,1-4H3,(H,19,23)(H,21,22)/t7-,8-,26?/m1/s1. The zero-order chi connectivity index (χ0) is 19.6. The number of rotatable bonds is 6. The highest BCUT2D eigenvalue weighted by Crippen LogP contribution is 2.96. The Kier molecular flexibility index (Phi) is 4.03. The van der Waals surface area contributed by atoms with Crippen LogP contribution in [0.15, 0.2) is 33.0 Å². The lowest BCUT2D eigenvalue weighted by Gasteiger charge is -2.25. The van der Waals surface area contributed by atoms with E-state index in [1.807, 2.05) is 0 Å². The summed E-state index contributed by atoms with van der Waals surface area (Å²) >= 11 is 0. The molecule has 3 heterocycles. The number of alkyl carbamates (subject to hydrolysis) is 1. The Labute approximate surface area is 151 Å². The molecule has 1 amide bonds. The quantitative estimate of drug-likeness (QED) is 0.518. The second kappa shape index (κ2) is 5.64. The number of allylic oxidation sites excluding steroid dienone is 3. The molecule has 3 atom stereocenters. The van der Waals surface area contributed by atoms with Crippen molar-refractivity contribution in [3.05, 3.63) is 33.0 Å². The summed E-state index contributed by atoms with van der Waals surface area (Å²) in [6.07, 6.45) is -0.243. The zero-order valence-corrected chi connectivity index (χ0v) is 16.0. The molecule has 26 heavy (non-hydrogen) atoms. The van der Waals surface area contributed by atoms with Crippen molar-refractivity contribution in [2.75, 3.05) is 0 Å². The van der Waals surface area contributed by atoms with Crippen molar-refractivity contribution in [2.24, 2.45) is 11.7 Å². The number of nitrogens with one attached hydrogen (secondary N) is 1. The summed E-state index contributed by atoms with van der Waals surface area (Å²) in [6, 6.07) is -0.549. The minimum absolute atomic E-state index is 0.0140. The Morgan fingerprint density at radius 1 is 1.27 bits per heavy atom. The third kappa shape index (κ3) is 2.72. The number of carbonyl (C=O) groups excluding carboxylic acids is 1. The largest absolute Gasteiger partial charge is 0.506 e. The number of carboxylic acid groups (broad SMARTS) is 1. The van der Waals surface area contributed by atoms with E-state index in [9.17, 15) is 24.4 Å². The Bertz CT molecular complexity index is 861. The number of aliphatic hydroxyl groups excluding tert-OH is 1. The van der Waals surface area contributed by atoms with Gasteiger partial charge in [-0.2, -0.15) is 0 Å². The fourth-order valence-corrected chi connectivity index (χ4v) is 6.61. The van der Waals surface area contributed by atoms with Gasteiger partial charge in [0.1, 0.15) is 11.4 Å². The van der Waals surface area contributed by atoms with Crippen LogP contribution in [0.1, 0.15) is 40.5 Å². The molecule has 0 aromatic carbocycles. The predicted octanol–water partition coefficient (Wildman–Crippen LogP) is 2.98. The zero-order valence-electron chi connectivity index (χ0n) is 15.1. The van der Waals surface area contributed by atoms with Gasteiger partial charge in [0.2, 0.25) is 0 Å². The van der Waals surface area contributed by atoms with E-state index >= 15 is 0 Å².